The fourth-order valence-corrected chi connectivity index (χ4v) is 5.01. The molecule has 10 heteroatoms. The summed E-state index contributed by atoms with van der Waals surface area (Å²) in [5.74, 6) is -0.415. The molecule has 0 amide bonds. The van der Waals surface area contributed by atoms with Crippen molar-refractivity contribution in [2.24, 2.45) is 0 Å². The van der Waals surface area contributed by atoms with E-state index in [0.29, 0.717) is 37.4 Å². The van der Waals surface area contributed by atoms with Crippen molar-refractivity contribution in [1.82, 2.24) is 19.3 Å². The Morgan fingerprint density at radius 2 is 1.97 bits per heavy atom. The molecule has 2 saturated heterocycles. The normalized spacial score (nSPS) is 32.2. The molecule has 0 radical (unpaired) electrons. The highest BCUT2D eigenvalue weighted by Crippen LogP contribution is 2.51. The Morgan fingerprint density at radius 1 is 1.27 bits per heavy atom. The third-order valence-electron chi connectivity index (χ3n) is 7.09. The van der Waals surface area contributed by atoms with Gasteiger partial charge in [-0.2, -0.15) is 23.5 Å². The van der Waals surface area contributed by atoms with Crippen LogP contribution in [0.4, 0.5) is 13.2 Å². The number of hydrogen-bond acceptors (Lipinski definition) is 5. The predicted octanol–water partition coefficient (Wildman–Crippen LogP) is 3.20. The van der Waals surface area contributed by atoms with Gasteiger partial charge in [0.2, 0.25) is 5.60 Å². The summed E-state index contributed by atoms with van der Waals surface area (Å²) in [6, 6.07) is 3.84. The van der Waals surface area contributed by atoms with Crippen LogP contribution < -0.4 is 0 Å². The smallest absolute Gasteiger partial charge is 0.374 e. The van der Waals surface area contributed by atoms with Crippen LogP contribution in [0.5, 0.6) is 0 Å². The van der Waals surface area contributed by atoms with Crippen LogP contribution in [0.2, 0.25) is 0 Å². The second-order valence-electron chi connectivity index (χ2n) is 9.03. The average molecular weight is 421 g/mol. The van der Waals surface area contributed by atoms with E-state index in [0.717, 1.165) is 25.5 Å². The number of ether oxygens (including phenoxy) is 1. The number of aliphatic hydroxyl groups is 1. The molecule has 6 rings (SSSR count). The zero-order valence-electron chi connectivity index (χ0n) is 16.7. The fraction of sp³-hybridized carbons (Fsp3) is 0.650. The van der Waals surface area contributed by atoms with Crippen molar-refractivity contribution in [2.75, 3.05) is 6.61 Å². The van der Waals surface area contributed by atoms with Crippen LogP contribution in [0, 0.1) is 11.3 Å². The largest absolute Gasteiger partial charge is 0.424 e. The van der Waals surface area contributed by atoms with Gasteiger partial charge in [0.05, 0.1) is 48.5 Å². The van der Waals surface area contributed by atoms with Gasteiger partial charge in [-0.05, 0) is 45.6 Å². The number of halogens is 3. The number of nitriles is 1. The SMILES string of the molecule is C[C@H]1Cn2nc(C34CCC(C#N)(CC3)OC4)cc2-c2cnc([C@@](C)(O)C(F)(F)F)n21. The maximum atomic E-state index is 13.4. The highest BCUT2D eigenvalue weighted by atomic mass is 19.4. The van der Waals surface area contributed by atoms with Gasteiger partial charge >= 0.3 is 6.18 Å². The molecule has 4 aliphatic rings. The summed E-state index contributed by atoms with van der Waals surface area (Å²) >= 11 is 0. The van der Waals surface area contributed by atoms with Gasteiger partial charge in [-0.3, -0.25) is 4.68 Å². The van der Waals surface area contributed by atoms with Crippen LogP contribution in [0.3, 0.4) is 0 Å². The van der Waals surface area contributed by atoms with Gasteiger partial charge in [0.1, 0.15) is 0 Å². The van der Waals surface area contributed by atoms with Gasteiger partial charge in [0, 0.05) is 5.41 Å². The van der Waals surface area contributed by atoms with Gasteiger partial charge in [-0.15, -0.1) is 0 Å². The van der Waals surface area contributed by atoms with Crippen LogP contribution in [-0.2, 0) is 22.3 Å². The van der Waals surface area contributed by atoms with Gasteiger partial charge in [0.25, 0.3) is 0 Å². The van der Waals surface area contributed by atoms with E-state index in [4.69, 9.17) is 9.84 Å². The molecule has 2 atom stereocenters. The zero-order chi connectivity index (χ0) is 21.5. The highest BCUT2D eigenvalue weighted by molar-refractivity contribution is 5.58. The van der Waals surface area contributed by atoms with Crippen molar-refractivity contribution in [1.29, 1.82) is 5.26 Å². The molecule has 160 valence electrons. The molecule has 7 nitrogen and oxygen atoms in total. The number of fused-ring (bicyclic) bond motifs is 6. The Labute approximate surface area is 171 Å². The van der Waals surface area contributed by atoms with E-state index in [9.17, 15) is 23.5 Å². The van der Waals surface area contributed by atoms with Crippen LogP contribution in [-0.4, -0.2) is 42.8 Å². The minimum atomic E-state index is -4.84. The Morgan fingerprint density at radius 3 is 2.53 bits per heavy atom. The fourth-order valence-electron chi connectivity index (χ4n) is 5.01. The monoisotopic (exact) mass is 421 g/mol. The van der Waals surface area contributed by atoms with Gasteiger partial charge in [-0.25, -0.2) is 4.98 Å². The maximum absolute atomic E-state index is 13.4. The first-order valence-corrected chi connectivity index (χ1v) is 10.0. The topological polar surface area (TPSA) is 88.9 Å². The molecule has 30 heavy (non-hydrogen) atoms. The van der Waals surface area contributed by atoms with Crippen LogP contribution >= 0.6 is 0 Å². The van der Waals surface area contributed by atoms with Crippen LogP contribution in [0.25, 0.3) is 11.4 Å². The van der Waals surface area contributed by atoms with Gasteiger partial charge in [-0.1, -0.05) is 0 Å². The van der Waals surface area contributed by atoms with Gasteiger partial charge in [0.15, 0.2) is 11.4 Å². The standard InChI is InChI=1S/C20H22F3N5O2/c1-12-9-27-13(14-8-25-16(28(12)14)17(2,29)20(21,22)23)7-15(26-27)18-3-5-19(10-24,6-4-18)30-11-18/h7-8,12,29H,3-6,9,11H2,1-2H3/t12-,17+,18?,19?/m0/s1. The summed E-state index contributed by atoms with van der Waals surface area (Å²) in [6.45, 7) is 3.31. The summed E-state index contributed by atoms with van der Waals surface area (Å²) < 4.78 is 49.5. The second kappa shape index (κ2) is 5.86. The van der Waals surface area contributed by atoms with E-state index >= 15 is 0 Å². The quantitative estimate of drug-likeness (QED) is 0.805. The van der Waals surface area contributed by atoms with Crippen molar-refractivity contribution in [3.63, 3.8) is 0 Å². The Hall–Kier alpha value is -2.38. The van der Waals surface area contributed by atoms with E-state index < -0.39 is 23.2 Å². The number of alkyl halides is 3. The molecule has 5 heterocycles. The Balaban J connectivity index is 1.56. The number of imidazole rings is 1. The average Bonchev–Trinajstić information content (AvgIpc) is 3.34. The van der Waals surface area contributed by atoms with Crippen molar-refractivity contribution in [3.05, 3.63) is 23.8 Å². The first-order chi connectivity index (χ1) is 14.0. The summed E-state index contributed by atoms with van der Waals surface area (Å²) in [5, 5.41) is 24.4. The number of hydrogen-bond donors (Lipinski definition) is 1. The second-order valence-corrected chi connectivity index (χ2v) is 9.03. The molecule has 3 aliphatic heterocycles. The lowest BCUT2D eigenvalue weighted by atomic mass is 9.65. The molecule has 1 N–H and O–H groups in total. The van der Waals surface area contributed by atoms with Crippen molar-refractivity contribution >= 4 is 0 Å². The summed E-state index contributed by atoms with van der Waals surface area (Å²) in [4.78, 5) is 3.96. The molecule has 3 fully saturated rings. The van der Waals surface area contributed by atoms with Crippen molar-refractivity contribution in [2.45, 2.75) is 74.9 Å². The lowest BCUT2D eigenvalue weighted by Gasteiger charge is -2.49. The van der Waals surface area contributed by atoms with E-state index in [1.807, 2.05) is 6.07 Å². The number of rotatable bonds is 2. The van der Waals surface area contributed by atoms with Crippen molar-refractivity contribution in [3.8, 4) is 17.5 Å². The molecular formula is C20H22F3N5O2. The lowest BCUT2D eigenvalue weighted by Crippen LogP contribution is -2.52. The third kappa shape index (κ3) is 2.45. The van der Waals surface area contributed by atoms with Gasteiger partial charge < -0.3 is 14.4 Å². The first-order valence-electron chi connectivity index (χ1n) is 10.0. The molecule has 0 aromatic carbocycles. The summed E-state index contributed by atoms with van der Waals surface area (Å²) in [5.41, 5.74) is -2.00. The van der Waals surface area contributed by atoms with Crippen LogP contribution in [0.15, 0.2) is 12.3 Å². The predicted molar refractivity (Wildman–Crippen MR) is 98.2 cm³/mol. The molecule has 2 aromatic rings. The Bertz CT molecular complexity index is 1040. The van der Waals surface area contributed by atoms with E-state index in [2.05, 4.69) is 11.1 Å². The Kier molecular flexibility index (Phi) is 3.82. The van der Waals surface area contributed by atoms with E-state index in [1.54, 1.807) is 11.6 Å². The zero-order valence-corrected chi connectivity index (χ0v) is 16.7. The molecule has 1 aliphatic carbocycles. The molecule has 2 aromatic heterocycles. The minimum Gasteiger partial charge on any atom is -0.374 e. The summed E-state index contributed by atoms with van der Waals surface area (Å²) in [7, 11) is 0. The third-order valence-corrected chi connectivity index (χ3v) is 7.09. The molecule has 0 spiro atoms. The molecular weight excluding hydrogens is 399 g/mol. The number of aromatic nitrogens is 4. The lowest BCUT2D eigenvalue weighted by molar-refractivity contribution is -0.262. The summed E-state index contributed by atoms with van der Waals surface area (Å²) in [6.07, 6.45) is -0.582. The first kappa shape index (κ1) is 19.6. The maximum Gasteiger partial charge on any atom is 0.424 e. The molecule has 2 bridgehead atoms. The number of nitrogens with zero attached hydrogens (tertiary/aromatic N) is 5. The van der Waals surface area contributed by atoms with Crippen LogP contribution in [0.1, 0.15) is 57.1 Å². The highest BCUT2D eigenvalue weighted by Gasteiger charge is 2.55. The minimum absolute atomic E-state index is 0.280. The molecule has 1 saturated carbocycles. The van der Waals surface area contributed by atoms with Crippen molar-refractivity contribution < 1.29 is 23.0 Å². The van der Waals surface area contributed by atoms with E-state index in [-0.39, 0.29) is 11.5 Å². The molecule has 0 unspecified atom stereocenters. The van der Waals surface area contributed by atoms with E-state index in [1.165, 1.54) is 10.8 Å².